The Bertz CT molecular complexity index is 377. The van der Waals surface area contributed by atoms with Gasteiger partial charge in [0.2, 0.25) is 0 Å². The van der Waals surface area contributed by atoms with Crippen molar-refractivity contribution in [1.82, 2.24) is 0 Å². The molecule has 0 amide bonds. The van der Waals surface area contributed by atoms with Crippen LogP contribution in [0, 0.1) is 0 Å². The van der Waals surface area contributed by atoms with Crippen LogP contribution in [0.5, 0.6) is 11.5 Å². The van der Waals surface area contributed by atoms with Crippen LogP contribution in [0.15, 0.2) is 18.2 Å². The van der Waals surface area contributed by atoms with E-state index in [4.69, 9.17) is 21.1 Å². The minimum Gasteiger partial charge on any atom is -0.494 e. The van der Waals surface area contributed by atoms with Gasteiger partial charge in [0.1, 0.15) is 11.5 Å². The number of carbonyl (C=O) groups is 1. The average molecular weight is 257 g/mol. The smallest absolute Gasteiger partial charge is 0.167 e. The molecule has 0 aliphatic heterocycles. The van der Waals surface area contributed by atoms with E-state index < -0.39 is 0 Å². The van der Waals surface area contributed by atoms with Crippen LogP contribution in [0.1, 0.15) is 30.6 Å². The molecule has 0 atom stereocenters. The quantitative estimate of drug-likeness (QED) is 0.555. The molecule has 94 valence electrons. The lowest BCUT2D eigenvalue weighted by Crippen LogP contribution is -2.05. The Kier molecular flexibility index (Phi) is 5.84. The third kappa shape index (κ3) is 3.93. The van der Waals surface area contributed by atoms with E-state index in [1.165, 1.54) is 0 Å². The first-order chi connectivity index (χ1) is 8.22. The van der Waals surface area contributed by atoms with E-state index in [1.54, 1.807) is 18.2 Å². The van der Waals surface area contributed by atoms with Crippen LogP contribution >= 0.6 is 11.6 Å². The lowest BCUT2D eigenvalue weighted by atomic mass is 10.1. The van der Waals surface area contributed by atoms with Crippen molar-refractivity contribution < 1.29 is 14.3 Å². The summed E-state index contributed by atoms with van der Waals surface area (Å²) in [7, 11) is 0. The highest BCUT2D eigenvalue weighted by Crippen LogP contribution is 2.26. The Balaban J connectivity index is 2.98. The van der Waals surface area contributed by atoms with Gasteiger partial charge in [0.05, 0.1) is 18.8 Å². The third-order valence-electron chi connectivity index (χ3n) is 2.19. The van der Waals surface area contributed by atoms with Gasteiger partial charge in [-0.15, -0.1) is 11.6 Å². The molecular weight excluding hydrogens is 240 g/mol. The summed E-state index contributed by atoms with van der Waals surface area (Å²) in [4.78, 5) is 11.8. The monoisotopic (exact) mass is 256 g/mol. The molecule has 0 radical (unpaired) electrons. The number of ether oxygens (including phenoxy) is 2. The molecular formula is C13H17ClO3. The predicted octanol–water partition coefficient (Wildman–Crippen LogP) is 3.30. The fraction of sp³-hybridized carbons (Fsp3) is 0.462. The first-order valence-corrected chi connectivity index (χ1v) is 6.25. The number of Topliss-reactive ketones (excluding diaryl/α,β-unsaturated/α-hetero) is 1. The molecule has 0 saturated heterocycles. The molecule has 0 spiro atoms. The van der Waals surface area contributed by atoms with Crippen molar-refractivity contribution in [3.8, 4) is 11.5 Å². The zero-order chi connectivity index (χ0) is 12.7. The van der Waals surface area contributed by atoms with Gasteiger partial charge in [-0.3, -0.25) is 4.79 Å². The van der Waals surface area contributed by atoms with E-state index in [2.05, 4.69) is 0 Å². The zero-order valence-corrected chi connectivity index (χ0v) is 10.9. The molecule has 0 saturated carbocycles. The van der Waals surface area contributed by atoms with Crippen molar-refractivity contribution in [2.75, 3.05) is 19.1 Å². The van der Waals surface area contributed by atoms with Gasteiger partial charge in [-0.05, 0) is 26.0 Å². The van der Waals surface area contributed by atoms with E-state index in [0.29, 0.717) is 42.6 Å². The third-order valence-corrected chi connectivity index (χ3v) is 2.37. The van der Waals surface area contributed by atoms with Gasteiger partial charge < -0.3 is 9.47 Å². The number of benzene rings is 1. The van der Waals surface area contributed by atoms with Gasteiger partial charge in [-0.1, -0.05) is 0 Å². The van der Waals surface area contributed by atoms with Crippen molar-refractivity contribution in [3.63, 3.8) is 0 Å². The Morgan fingerprint density at radius 2 is 1.94 bits per heavy atom. The first kappa shape index (κ1) is 13.8. The van der Waals surface area contributed by atoms with Gasteiger partial charge in [-0.25, -0.2) is 0 Å². The maximum absolute atomic E-state index is 11.8. The second kappa shape index (κ2) is 7.17. The van der Waals surface area contributed by atoms with Crippen LogP contribution < -0.4 is 9.47 Å². The number of halogens is 1. The van der Waals surface area contributed by atoms with Crippen molar-refractivity contribution in [2.45, 2.75) is 20.3 Å². The second-order valence-corrected chi connectivity index (χ2v) is 3.76. The number of rotatable bonds is 7. The summed E-state index contributed by atoms with van der Waals surface area (Å²) in [6.07, 6.45) is 0.315. The number of carbonyl (C=O) groups excluding carboxylic acids is 1. The predicted molar refractivity (Wildman–Crippen MR) is 68.4 cm³/mol. The first-order valence-electron chi connectivity index (χ1n) is 5.71. The van der Waals surface area contributed by atoms with Crippen LogP contribution in [-0.4, -0.2) is 24.9 Å². The Morgan fingerprint density at radius 1 is 1.24 bits per heavy atom. The topological polar surface area (TPSA) is 35.5 Å². The molecule has 0 aliphatic carbocycles. The van der Waals surface area contributed by atoms with Crippen molar-refractivity contribution >= 4 is 17.4 Å². The Hall–Kier alpha value is -1.22. The van der Waals surface area contributed by atoms with Gasteiger partial charge >= 0.3 is 0 Å². The van der Waals surface area contributed by atoms with Crippen LogP contribution in [-0.2, 0) is 0 Å². The highest BCUT2D eigenvalue weighted by atomic mass is 35.5. The van der Waals surface area contributed by atoms with Gasteiger partial charge in [-0.2, -0.15) is 0 Å². The fourth-order valence-electron chi connectivity index (χ4n) is 1.48. The molecule has 0 aliphatic rings. The molecule has 1 aromatic rings. The number of hydrogen-bond donors (Lipinski definition) is 0. The van der Waals surface area contributed by atoms with E-state index in [9.17, 15) is 4.79 Å². The maximum Gasteiger partial charge on any atom is 0.167 e. The molecule has 0 bridgehead atoms. The number of hydrogen-bond acceptors (Lipinski definition) is 3. The SMILES string of the molecule is CCOc1ccc(C(=O)CCCl)c(OCC)c1. The molecule has 17 heavy (non-hydrogen) atoms. The normalized spacial score (nSPS) is 10.1. The molecule has 3 nitrogen and oxygen atoms in total. The highest BCUT2D eigenvalue weighted by molar-refractivity contribution is 6.19. The van der Waals surface area contributed by atoms with Crippen LogP contribution in [0.25, 0.3) is 0 Å². The largest absolute Gasteiger partial charge is 0.494 e. The molecule has 0 heterocycles. The van der Waals surface area contributed by atoms with Crippen LogP contribution in [0.2, 0.25) is 0 Å². The molecule has 0 aromatic heterocycles. The molecule has 0 unspecified atom stereocenters. The van der Waals surface area contributed by atoms with E-state index in [-0.39, 0.29) is 5.78 Å². The van der Waals surface area contributed by atoms with Gasteiger partial charge in [0.15, 0.2) is 5.78 Å². The van der Waals surface area contributed by atoms with Crippen LogP contribution in [0.3, 0.4) is 0 Å². The zero-order valence-electron chi connectivity index (χ0n) is 10.2. The molecule has 1 rings (SSSR count). The second-order valence-electron chi connectivity index (χ2n) is 3.39. The summed E-state index contributed by atoms with van der Waals surface area (Å²) in [5.74, 6) is 1.58. The Labute approximate surface area is 107 Å². The summed E-state index contributed by atoms with van der Waals surface area (Å²) in [6.45, 7) is 4.88. The summed E-state index contributed by atoms with van der Waals surface area (Å²) in [5.41, 5.74) is 0.566. The van der Waals surface area contributed by atoms with Gasteiger partial charge in [0, 0.05) is 18.4 Å². The van der Waals surface area contributed by atoms with E-state index in [1.807, 2.05) is 13.8 Å². The van der Waals surface area contributed by atoms with Crippen molar-refractivity contribution in [2.24, 2.45) is 0 Å². The summed E-state index contributed by atoms with van der Waals surface area (Å²) in [6, 6.07) is 5.24. The van der Waals surface area contributed by atoms with Crippen molar-refractivity contribution in [1.29, 1.82) is 0 Å². The van der Waals surface area contributed by atoms with E-state index >= 15 is 0 Å². The maximum atomic E-state index is 11.8. The molecule has 0 N–H and O–H groups in total. The number of alkyl halides is 1. The highest BCUT2D eigenvalue weighted by Gasteiger charge is 2.13. The fourth-order valence-corrected chi connectivity index (χ4v) is 1.66. The minimum absolute atomic E-state index is 0.00787. The van der Waals surface area contributed by atoms with E-state index in [0.717, 1.165) is 0 Å². The van der Waals surface area contributed by atoms with Crippen molar-refractivity contribution in [3.05, 3.63) is 23.8 Å². The standard InChI is InChI=1S/C13H17ClO3/c1-3-16-10-5-6-11(12(15)7-8-14)13(9-10)17-4-2/h5-6,9H,3-4,7-8H2,1-2H3. The number of ketones is 1. The minimum atomic E-state index is -0.00787. The van der Waals surface area contributed by atoms with Crippen LogP contribution in [0.4, 0.5) is 0 Å². The average Bonchev–Trinajstić information content (AvgIpc) is 2.30. The summed E-state index contributed by atoms with van der Waals surface area (Å²) < 4.78 is 10.8. The Morgan fingerprint density at radius 3 is 2.53 bits per heavy atom. The molecule has 4 heteroatoms. The lowest BCUT2D eigenvalue weighted by Gasteiger charge is -2.11. The molecule has 0 fully saturated rings. The lowest BCUT2D eigenvalue weighted by molar-refractivity contribution is 0.0985. The van der Waals surface area contributed by atoms with Gasteiger partial charge in [0.25, 0.3) is 0 Å². The summed E-state index contributed by atoms with van der Waals surface area (Å²) >= 11 is 5.57. The molecule has 1 aromatic carbocycles. The summed E-state index contributed by atoms with van der Waals surface area (Å²) in [5, 5.41) is 0.